The van der Waals surface area contributed by atoms with Crippen molar-refractivity contribution in [3.63, 3.8) is 0 Å². The third-order valence-corrected chi connectivity index (χ3v) is 3.40. The minimum Gasteiger partial charge on any atom is -0.389 e. The van der Waals surface area contributed by atoms with Gasteiger partial charge in [0, 0.05) is 13.2 Å². The first-order valence-electron chi connectivity index (χ1n) is 7.67. The standard InChI is InChI=1S/C18H22FN3O2/c1-18(2,24)12-22(3)17(23)21-16(15-9-4-5-10-20-15)13-7-6-8-14(19)11-13/h4-11,16,24H,12H2,1-3H3,(H,21,23). The van der Waals surface area contributed by atoms with E-state index in [4.69, 9.17) is 0 Å². The van der Waals surface area contributed by atoms with E-state index in [-0.39, 0.29) is 18.4 Å². The Morgan fingerprint density at radius 1 is 1.33 bits per heavy atom. The number of urea groups is 1. The maximum atomic E-state index is 13.6. The molecule has 24 heavy (non-hydrogen) atoms. The fraction of sp³-hybridized carbons (Fsp3) is 0.333. The zero-order valence-corrected chi connectivity index (χ0v) is 14.0. The molecule has 2 rings (SSSR count). The zero-order chi connectivity index (χ0) is 17.7. The van der Waals surface area contributed by atoms with Crippen molar-refractivity contribution in [2.45, 2.75) is 25.5 Å². The summed E-state index contributed by atoms with van der Waals surface area (Å²) in [5, 5.41) is 12.7. The number of benzene rings is 1. The third-order valence-electron chi connectivity index (χ3n) is 3.40. The van der Waals surface area contributed by atoms with Crippen molar-refractivity contribution < 1.29 is 14.3 Å². The van der Waals surface area contributed by atoms with Crippen LogP contribution in [0.2, 0.25) is 0 Å². The highest BCUT2D eigenvalue weighted by atomic mass is 19.1. The zero-order valence-electron chi connectivity index (χ0n) is 14.0. The minimum atomic E-state index is -1.01. The van der Waals surface area contributed by atoms with Crippen molar-refractivity contribution in [2.24, 2.45) is 0 Å². The fourth-order valence-electron chi connectivity index (χ4n) is 2.45. The second-order valence-electron chi connectivity index (χ2n) is 6.36. The number of nitrogens with one attached hydrogen (secondary N) is 1. The molecule has 1 atom stereocenters. The molecule has 0 aliphatic heterocycles. The Balaban J connectivity index is 2.26. The van der Waals surface area contributed by atoms with Crippen molar-refractivity contribution >= 4 is 6.03 Å². The monoisotopic (exact) mass is 331 g/mol. The van der Waals surface area contributed by atoms with Crippen LogP contribution in [-0.4, -0.2) is 40.2 Å². The molecule has 0 radical (unpaired) electrons. The molecule has 5 nitrogen and oxygen atoms in total. The highest BCUT2D eigenvalue weighted by Crippen LogP contribution is 2.21. The van der Waals surface area contributed by atoms with Crippen LogP contribution in [0.5, 0.6) is 0 Å². The molecular weight excluding hydrogens is 309 g/mol. The number of nitrogens with zero attached hydrogens (tertiary/aromatic N) is 2. The number of carbonyl (C=O) groups is 1. The van der Waals surface area contributed by atoms with Gasteiger partial charge in [0.05, 0.1) is 23.9 Å². The molecule has 0 aliphatic carbocycles. The molecule has 1 aromatic heterocycles. The van der Waals surface area contributed by atoms with Gasteiger partial charge in [-0.2, -0.15) is 0 Å². The summed E-state index contributed by atoms with van der Waals surface area (Å²) in [6.45, 7) is 3.41. The fourth-order valence-corrected chi connectivity index (χ4v) is 2.45. The summed E-state index contributed by atoms with van der Waals surface area (Å²) in [6.07, 6.45) is 1.62. The summed E-state index contributed by atoms with van der Waals surface area (Å²) in [6, 6.07) is 10.4. The average molecular weight is 331 g/mol. The lowest BCUT2D eigenvalue weighted by Gasteiger charge is -2.28. The Hall–Kier alpha value is -2.47. The summed E-state index contributed by atoms with van der Waals surface area (Å²) in [7, 11) is 1.59. The van der Waals surface area contributed by atoms with Crippen molar-refractivity contribution in [3.8, 4) is 0 Å². The lowest BCUT2D eigenvalue weighted by atomic mass is 10.0. The van der Waals surface area contributed by atoms with E-state index in [2.05, 4.69) is 10.3 Å². The summed E-state index contributed by atoms with van der Waals surface area (Å²) < 4.78 is 13.6. The predicted molar refractivity (Wildman–Crippen MR) is 89.9 cm³/mol. The van der Waals surface area contributed by atoms with E-state index in [0.717, 1.165) is 0 Å². The van der Waals surface area contributed by atoms with Crippen LogP contribution >= 0.6 is 0 Å². The van der Waals surface area contributed by atoms with E-state index in [9.17, 15) is 14.3 Å². The van der Waals surface area contributed by atoms with E-state index < -0.39 is 11.6 Å². The van der Waals surface area contributed by atoms with Crippen LogP contribution in [0.4, 0.5) is 9.18 Å². The van der Waals surface area contributed by atoms with E-state index in [1.165, 1.54) is 17.0 Å². The highest BCUT2D eigenvalue weighted by Gasteiger charge is 2.23. The first-order chi connectivity index (χ1) is 11.3. The molecule has 2 amide bonds. The summed E-state index contributed by atoms with van der Waals surface area (Å²) in [5.41, 5.74) is 0.192. The van der Waals surface area contributed by atoms with Crippen molar-refractivity contribution in [2.75, 3.05) is 13.6 Å². The second kappa shape index (κ2) is 7.40. The maximum absolute atomic E-state index is 13.6. The van der Waals surface area contributed by atoms with Crippen LogP contribution < -0.4 is 5.32 Å². The molecule has 1 aromatic carbocycles. The number of likely N-dealkylation sites (N-methyl/N-ethyl adjacent to an activating group) is 1. The normalized spacial score (nSPS) is 12.5. The first-order valence-corrected chi connectivity index (χ1v) is 7.67. The van der Waals surface area contributed by atoms with Crippen LogP contribution in [0, 0.1) is 5.82 Å². The smallest absolute Gasteiger partial charge is 0.318 e. The van der Waals surface area contributed by atoms with E-state index in [0.29, 0.717) is 11.3 Å². The number of aromatic nitrogens is 1. The van der Waals surface area contributed by atoms with Crippen LogP contribution in [0.25, 0.3) is 0 Å². The number of amides is 2. The lowest BCUT2D eigenvalue weighted by Crippen LogP contribution is -2.45. The van der Waals surface area contributed by atoms with Gasteiger partial charge in [-0.05, 0) is 43.7 Å². The van der Waals surface area contributed by atoms with Gasteiger partial charge in [-0.25, -0.2) is 9.18 Å². The SMILES string of the molecule is CN(CC(C)(C)O)C(=O)NC(c1cccc(F)c1)c1ccccn1. The molecule has 0 saturated carbocycles. The number of rotatable bonds is 5. The lowest BCUT2D eigenvalue weighted by molar-refractivity contribution is 0.0529. The Morgan fingerprint density at radius 3 is 2.67 bits per heavy atom. The summed E-state index contributed by atoms with van der Waals surface area (Å²) in [5.74, 6) is -0.382. The number of hydrogen-bond donors (Lipinski definition) is 2. The molecule has 6 heteroatoms. The Labute approximate surface area is 141 Å². The minimum absolute atomic E-state index is 0.164. The van der Waals surface area contributed by atoms with Crippen LogP contribution in [0.3, 0.4) is 0 Å². The molecule has 128 valence electrons. The molecule has 0 saturated heterocycles. The molecule has 0 bridgehead atoms. The van der Waals surface area contributed by atoms with Gasteiger partial charge in [0.1, 0.15) is 5.82 Å². The number of pyridine rings is 1. The van der Waals surface area contributed by atoms with Crippen LogP contribution in [0.1, 0.15) is 31.1 Å². The molecule has 0 fully saturated rings. The number of carbonyl (C=O) groups excluding carboxylic acids is 1. The molecule has 1 unspecified atom stereocenters. The van der Waals surface area contributed by atoms with Crippen molar-refractivity contribution in [1.29, 1.82) is 0 Å². The van der Waals surface area contributed by atoms with Gasteiger partial charge in [0.15, 0.2) is 0 Å². The van der Waals surface area contributed by atoms with E-state index >= 15 is 0 Å². The highest BCUT2D eigenvalue weighted by molar-refractivity contribution is 5.75. The number of hydrogen-bond acceptors (Lipinski definition) is 3. The van der Waals surface area contributed by atoms with Gasteiger partial charge >= 0.3 is 6.03 Å². The van der Waals surface area contributed by atoms with Gasteiger partial charge in [-0.1, -0.05) is 18.2 Å². The molecule has 2 N–H and O–H groups in total. The largest absolute Gasteiger partial charge is 0.389 e. The molecule has 1 heterocycles. The predicted octanol–water partition coefficient (Wildman–Crippen LogP) is 2.72. The number of halogens is 1. The molecule has 0 spiro atoms. The molecule has 0 aliphatic rings. The van der Waals surface area contributed by atoms with Gasteiger partial charge in [0.25, 0.3) is 0 Å². The summed E-state index contributed by atoms with van der Waals surface area (Å²) in [4.78, 5) is 18.1. The topological polar surface area (TPSA) is 65.5 Å². The molecular formula is C18H22FN3O2. The van der Waals surface area contributed by atoms with Crippen LogP contribution in [-0.2, 0) is 0 Å². The Kier molecular flexibility index (Phi) is 5.51. The Morgan fingerprint density at radius 2 is 2.08 bits per heavy atom. The molecule has 2 aromatic rings. The van der Waals surface area contributed by atoms with Gasteiger partial charge < -0.3 is 15.3 Å². The van der Waals surface area contributed by atoms with Gasteiger partial charge in [0.2, 0.25) is 0 Å². The second-order valence-corrected chi connectivity index (χ2v) is 6.36. The maximum Gasteiger partial charge on any atom is 0.318 e. The van der Waals surface area contributed by atoms with Crippen molar-refractivity contribution in [1.82, 2.24) is 15.2 Å². The summed E-state index contributed by atoms with van der Waals surface area (Å²) >= 11 is 0. The van der Waals surface area contributed by atoms with Crippen molar-refractivity contribution in [3.05, 3.63) is 65.7 Å². The van der Waals surface area contributed by atoms with E-state index in [1.54, 1.807) is 57.4 Å². The average Bonchev–Trinajstić information content (AvgIpc) is 2.51. The first kappa shape index (κ1) is 17.9. The van der Waals surface area contributed by atoms with Crippen LogP contribution in [0.15, 0.2) is 48.7 Å². The Bertz CT molecular complexity index is 686. The third kappa shape index (κ3) is 5.03. The quantitative estimate of drug-likeness (QED) is 0.885. The van der Waals surface area contributed by atoms with Gasteiger partial charge in [-0.15, -0.1) is 0 Å². The number of aliphatic hydroxyl groups is 1. The van der Waals surface area contributed by atoms with Gasteiger partial charge in [-0.3, -0.25) is 4.98 Å². The van der Waals surface area contributed by atoms with E-state index in [1.807, 2.05) is 0 Å².